The quantitative estimate of drug-likeness (QED) is 0.713. The fourth-order valence-corrected chi connectivity index (χ4v) is 2.88. The Hall–Kier alpha value is -3.00. The second-order valence-corrected chi connectivity index (χ2v) is 7.33. The normalized spacial score (nSPS) is 13.9. The molecule has 0 spiro atoms. The Morgan fingerprint density at radius 3 is 2.75 bits per heavy atom. The van der Waals surface area contributed by atoms with Crippen LogP contribution in [0.2, 0.25) is 0 Å². The summed E-state index contributed by atoms with van der Waals surface area (Å²) in [6, 6.07) is 8.34. The Morgan fingerprint density at radius 1 is 1.25 bits per heavy atom. The van der Waals surface area contributed by atoms with Crippen LogP contribution >= 0.6 is 0 Å². The lowest BCUT2D eigenvalue weighted by Gasteiger charge is -2.17. The maximum absolute atomic E-state index is 13.4. The van der Waals surface area contributed by atoms with Crippen molar-refractivity contribution in [3.05, 3.63) is 64.2 Å². The van der Waals surface area contributed by atoms with Gasteiger partial charge in [0.1, 0.15) is 11.5 Å². The van der Waals surface area contributed by atoms with Gasteiger partial charge in [-0.1, -0.05) is 26.0 Å². The van der Waals surface area contributed by atoms with E-state index in [-0.39, 0.29) is 11.7 Å². The molecule has 2 heterocycles. The number of benzene rings is 1. The lowest BCUT2D eigenvalue weighted by atomic mass is 10.1. The highest BCUT2D eigenvalue weighted by Gasteiger charge is 2.19. The molecule has 2 aromatic rings. The number of carbonyl (C=O) groups excluding carboxylic acids is 1. The minimum absolute atomic E-state index is 0.259. The van der Waals surface area contributed by atoms with Gasteiger partial charge in [-0.05, 0) is 49.1 Å². The first-order chi connectivity index (χ1) is 13.3. The fraction of sp³-hybridized carbons (Fsp3) is 0.350. The number of hydrazine groups is 2. The number of hydrazone groups is 1. The summed E-state index contributed by atoms with van der Waals surface area (Å²) in [7, 11) is 0. The van der Waals surface area contributed by atoms with E-state index in [1.807, 2.05) is 13.0 Å². The van der Waals surface area contributed by atoms with Crippen molar-refractivity contribution in [1.29, 1.82) is 0 Å². The number of nitrogens with one attached hydrogen (secondary N) is 3. The van der Waals surface area contributed by atoms with Gasteiger partial charge in [0, 0.05) is 24.3 Å². The summed E-state index contributed by atoms with van der Waals surface area (Å²) in [6.45, 7) is 8.83. The van der Waals surface area contributed by atoms with E-state index in [1.54, 1.807) is 30.2 Å². The van der Waals surface area contributed by atoms with Gasteiger partial charge < -0.3 is 5.32 Å². The molecule has 148 valence electrons. The molecule has 1 aromatic carbocycles. The van der Waals surface area contributed by atoms with Crippen LogP contribution in [0.15, 0.2) is 35.4 Å². The van der Waals surface area contributed by atoms with Crippen LogP contribution in [0.3, 0.4) is 0 Å². The van der Waals surface area contributed by atoms with Gasteiger partial charge in [-0.3, -0.25) is 10.2 Å². The number of amides is 1. The van der Waals surface area contributed by atoms with E-state index in [2.05, 4.69) is 40.2 Å². The van der Waals surface area contributed by atoms with Crippen LogP contribution < -0.4 is 16.3 Å². The number of rotatable bonds is 6. The second kappa shape index (κ2) is 8.35. The van der Waals surface area contributed by atoms with Gasteiger partial charge in [-0.25, -0.2) is 14.9 Å². The summed E-state index contributed by atoms with van der Waals surface area (Å²) in [4.78, 5) is 16.9. The van der Waals surface area contributed by atoms with Crippen molar-refractivity contribution in [3.8, 4) is 0 Å². The molecule has 3 N–H and O–H groups in total. The average molecular weight is 384 g/mol. The number of hydrogen-bond donors (Lipinski definition) is 3. The molecule has 7 nitrogen and oxygen atoms in total. The molecule has 1 aliphatic rings. The number of carbonyl (C=O) groups is 1. The molecule has 1 aromatic heterocycles. The van der Waals surface area contributed by atoms with Crippen LogP contribution in [-0.2, 0) is 6.54 Å². The fourth-order valence-electron chi connectivity index (χ4n) is 2.88. The molecular weight excluding hydrogens is 359 g/mol. The third-order valence-corrected chi connectivity index (χ3v) is 4.21. The Labute approximate surface area is 164 Å². The zero-order valence-corrected chi connectivity index (χ0v) is 16.5. The first-order valence-corrected chi connectivity index (χ1v) is 9.21. The summed E-state index contributed by atoms with van der Waals surface area (Å²) in [6.07, 6.45) is 0. The maximum atomic E-state index is 13.4. The van der Waals surface area contributed by atoms with Gasteiger partial charge in [-0.15, -0.1) is 10.2 Å². The van der Waals surface area contributed by atoms with Crippen LogP contribution in [0.25, 0.3) is 0 Å². The molecule has 0 unspecified atom stereocenters. The van der Waals surface area contributed by atoms with Gasteiger partial charge >= 0.3 is 0 Å². The Balaban J connectivity index is 1.69. The molecule has 0 radical (unpaired) electrons. The van der Waals surface area contributed by atoms with Crippen molar-refractivity contribution in [2.75, 3.05) is 6.54 Å². The monoisotopic (exact) mass is 384 g/mol. The molecule has 1 aliphatic heterocycles. The predicted molar refractivity (Wildman–Crippen MR) is 106 cm³/mol. The van der Waals surface area contributed by atoms with E-state index in [0.29, 0.717) is 35.2 Å². The van der Waals surface area contributed by atoms with E-state index >= 15 is 0 Å². The molecule has 0 bridgehead atoms. The number of hydrogen-bond acceptors (Lipinski definition) is 6. The second-order valence-electron chi connectivity index (χ2n) is 7.33. The molecule has 0 saturated heterocycles. The van der Waals surface area contributed by atoms with Crippen molar-refractivity contribution in [2.24, 2.45) is 11.0 Å². The molecule has 0 atom stereocenters. The van der Waals surface area contributed by atoms with E-state index in [4.69, 9.17) is 0 Å². The zero-order chi connectivity index (χ0) is 20.3. The van der Waals surface area contributed by atoms with Crippen LogP contribution in [0.5, 0.6) is 0 Å². The Kier molecular flexibility index (Phi) is 5.89. The molecule has 0 fully saturated rings. The van der Waals surface area contributed by atoms with Gasteiger partial charge in [0.15, 0.2) is 5.84 Å². The topological polar surface area (TPSA) is 81.7 Å². The molecule has 0 aliphatic carbocycles. The van der Waals surface area contributed by atoms with Gasteiger partial charge in [0.2, 0.25) is 0 Å². The zero-order valence-electron chi connectivity index (χ0n) is 16.5. The number of halogens is 1. The Bertz CT molecular complexity index is 912. The average Bonchev–Trinajstić information content (AvgIpc) is 3.09. The molecular formula is C20H25FN6O. The summed E-state index contributed by atoms with van der Waals surface area (Å²) in [5.41, 5.74) is 9.27. The van der Waals surface area contributed by atoms with Crippen LogP contribution in [-0.4, -0.2) is 28.4 Å². The number of aromatic nitrogens is 1. The SMILES string of the molecule is Cc1cc(C2=NNN(CC(C)C)N2)cc(C(=O)NCc2ccc(F)c(C)c2)n1. The van der Waals surface area contributed by atoms with Crippen LogP contribution in [0.1, 0.15) is 46.7 Å². The van der Waals surface area contributed by atoms with E-state index < -0.39 is 0 Å². The summed E-state index contributed by atoms with van der Waals surface area (Å²) in [5, 5.41) is 8.91. The highest BCUT2D eigenvalue weighted by atomic mass is 19.1. The summed E-state index contributed by atoms with van der Waals surface area (Å²) in [5.74, 6) is 0.544. The van der Waals surface area contributed by atoms with Crippen LogP contribution in [0.4, 0.5) is 4.39 Å². The smallest absolute Gasteiger partial charge is 0.270 e. The van der Waals surface area contributed by atoms with E-state index in [1.165, 1.54) is 6.07 Å². The molecule has 1 amide bonds. The van der Waals surface area contributed by atoms with Crippen molar-refractivity contribution in [3.63, 3.8) is 0 Å². The lowest BCUT2D eigenvalue weighted by Crippen LogP contribution is -2.43. The maximum Gasteiger partial charge on any atom is 0.270 e. The standard InChI is InChI=1S/C20H25FN6O/c1-12(2)11-27-25-19(24-26-27)16-8-14(4)23-18(9-16)20(28)22-10-15-5-6-17(21)13(3)7-15/h5-9,12,26H,10-11H2,1-4H3,(H,22,28)(H,24,25). The summed E-state index contributed by atoms with van der Waals surface area (Å²) < 4.78 is 13.4. The molecule has 3 rings (SSSR count). The largest absolute Gasteiger partial charge is 0.347 e. The van der Waals surface area contributed by atoms with Gasteiger partial charge in [0.25, 0.3) is 5.91 Å². The van der Waals surface area contributed by atoms with Crippen molar-refractivity contribution in [1.82, 2.24) is 26.4 Å². The molecule has 8 heteroatoms. The summed E-state index contributed by atoms with van der Waals surface area (Å²) >= 11 is 0. The lowest BCUT2D eigenvalue weighted by molar-refractivity contribution is 0.0945. The predicted octanol–water partition coefficient (Wildman–Crippen LogP) is 2.41. The highest BCUT2D eigenvalue weighted by molar-refractivity contribution is 6.01. The number of nitrogens with zero attached hydrogens (tertiary/aromatic N) is 3. The first-order valence-electron chi connectivity index (χ1n) is 9.21. The first kappa shape index (κ1) is 19.8. The minimum Gasteiger partial charge on any atom is -0.347 e. The molecule has 0 saturated carbocycles. The number of aryl methyl sites for hydroxylation is 2. The molecule has 28 heavy (non-hydrogen) atoms. The van der Waals surface area contributed by atoms with Gasteiger partial charge in [0.05, 0.1) is 0 Å². The number of amidine groups is 1. The third-order valence-electron chi connectivity index (χ3n) is 4.21. The number of pyridine rings is 1. The van der Waals surface area contributed by atoms with Crippen molar-refractivity contribution in [2.45, 2.75) is 34.2 Å². The van der Waals surface area contributed by atoms with E-state index in [9.17, 15) is 9.18 Å². The highest BCUT2D eigenvalue weighted by Crippen LogP contribution is 2.11. The van der Waals surface area contributed by atoms with Crippen molar-refractivity contribution >= 4 is 11.7 Å². The Morgan fingerprint density at radius 2 is 2.04 bits per heavy atom. The van der Waals surface area contributed by atoms with Crippen molar-refractivity contribution < 1.29 is 9.18 Å². The van der Waals surface area contributed by atoms with E-state index in [0.717, 1.165) is 17.7 Å². The third kappa shape index (κ3) is 4.83. The van der Waals surface area contributed by atoms with Gasteiger partial charge in [-0.2, -0.15) is 0 Å². The minimum atomic E-state index is -0.294. The van der Waals surface area contributed by atoms with Crippen LogP contribution in [0, 0.1) is 25.6 Å².